The Bertz CT molecular complexity index is 1320. The van der Waals surface area contributed by atoms with Crippen LogP contribution in [0.25, 0.3) is 0 Å². The second kappa shape index (κ2) is 18.8. The summed E-state index contributed by atoms with van der Waals surface area (Å²) in [7, 11) is 3.32. The van der Waals surface area contributed by atoms with Crippen molar-refractivity contribution >= 4 is 29.4 Å². The van der Waals surface area contributed by atoms with E-state index in [0.717, 1.165) is 29.1 Å². The number of nitrogens with zero attached hydrogens (tertiary/aromatic N) is 3. The highest BCUT2D eigenvalue weighted by atomic mass is 32.1. The van der Waals surface area contributed by atoms with E-state index in [1.165, 1.54) is 16.2 Å². The lowest BCUT2D eigenvalue weighted by atomic mass is 9.95. The fraction of sp³-hybridized carbons (Fsp3) is 0.471. The average Bonchev–Trinajstić information content (AvgIpc) is 3.59. The average molecular weight is 651 g/mol. The highest BCUT2D eigenvalue weighted by Gasteiger charge is 2.26. The summed E-state index contributed by atoms with van der Waals surface area (Å²) in [5.41, 5.74) is 3.88. The second-order valence-electron chi connectivity index (χ2n) is 11.7. The molecule has 3 N–H and O–H groups in total. The summed E-state index contributed by atoms with van der Waals surface area (Å²) in [4.78, 5) is 47.9. The van der Waals surface area contributed by atoms with Gasteiger partial charge in [0.2, 0.25) is 5.91 Å². The van der Waals surface area contributed by atoms with Gasteiger partial charge in [0.1, 0.15) is 12.6 Å². The molecule has 0 unspecified atom stereocenters. The number of alkyl carbamates (subject to hydrolysis) is 1. The van der Waals surface area contributed by atoms with Gasteiger partial charge in [0.15, 0.2) is 0 Å². The normalized spacial score (nSPS) is 15.3. The molecule has 4 rings (SSSR count). The number of thiazole rings is 1. The predicted octanol–water partition coefficient (Wildman–Crippen LogP) is 3.85. The van der Waals surface area contributed by atoms with Crippen LogP contribution in [-0.2, 0) is 33.7 Å². The molecule has 1 aromatic heterocycles. The largest absolute Gasteiger partial charge is 0.444 e. The molecule has 2 aromatic carbocycles. The lowest BCUT2D eigenvalue weighted by Gasteiger charge is -2.30. The first kappa shape index (κ1) is 34.9. The molecule has 0 radical (unpaired) electrons. The highest BCUT2D eigenvalue weighted by Crippen LogP contribution is 2.15. The van der Waals surface area contributed by atoms with Crippen LogP contribution >= 0.6 is 11.3 Å². The Hall–Kier alpha value is -4.00. The summed E-state index contributed by atoms with van der Waals surface area (Å²) in [6, 6.07) is 18.5. The zero-order chi connectivity index (χ0) is 32.6. The molecule has 0 spiro atoms. The van der Waals surface area contributed by atoms with Crippen molar-refractivity contribution < 1.29 is 23.9 Å². The lowest BCUT2D eigenvalue weighted by molar-refractivity contribution is -0.124. The molecule has 1 aliphatic heterocycles. The Labute approximate surface area is 275 Å². The Morgan fingerprint density at radius 2 is 1.50 bits per heavy atom. The number of rotatable bonds is 16. The Morgan fingerprint density at radius 1 is 0.891 bits per heavy atom. The molecule has 1 saturated heterocycles. The minimum Gasteiger partial charge on any atom is -0.444 e. The smallest absolute Gasteiger partial charge is 0.407 e. The van der Waals surface area contributed by atoms with E-state index in [-0.39, 0.29) is 30.6 Å². The minimum absolute atomic E-state index is 0.158. The van der Waals surface area contributed by atoms with Crippen molar-refractivity contribution in [1.82, 2.24) is 30.7 Å². The summed E-state index contributed by atoms with van der Waals surface area (Å²) in [6.45, 7) is 3.76. The number of ether oxygens (including phenoxy) is 2. The van der Waals surface area contributed by atoms with E-state index in [2.05, 4.69) is 25.8 Å². The molecule has 1 aliphatic rings. The number of amides is 4. The molecule has 12 heteroatoms. The molecule has 1 fully saturated rings. The molecule has 248 valence electrons. The number of hydrogen-bond donors (Lipinski definition) is 3. The molecule has 0 aliphatic carbocycles. The highest BCUT2D eigenvalue weighted by molar-refractivity contribution is 7.09. The summed E-state index contributed by atoms with van der Waals surface area (Å²) in [6.07, 6.45) is 4.10. The lowest BCUT2D eigenvalue weighted by Crippen LogP contribution is -2.53. The monoisotopic (exact) mass is 650 g/mol. The van der Waals surface area contributed by atoms with Crippen LogP contribution in [0, 0.1) is 0 Å². The van der Waals surface area contributed by atoms with Gasteiger partial charge in [-0.05, 0) is 43.2 Å². The maximum absolute atomic E-state index is 13.8. The summed E-state index contributed by atoms with van der Waals surface area (Å²) >= 11 is 1.43. The zero-order valence-electron chi connectivity index (χ0n) is 26.7. The number of carbonyl (C=O) groups is 3. The number of nitrogens with one attached hydrogen (secondary N) is 3. The van der Waals surface area contributed by atoms with Crippen molar-refractivity contribution in [2.45, 2.75) is 56.8 Å². The van der Waals surface area contributed by atoms with Gasteiger partial charge in [0.25, 0.3) is 0 Å². The number of benzene rings is 2. The number of aromatic nitrogens is 1. The molecular weight excluding hydrogens is 604 g/mol. The molecule has 46 heavy (non-hydrogen) atoms. The van der Waals surface area contributed by atoms with Gasteiger partial charge in [0.05, 0.1) is 23.6 Å². The third-order valence-electron chi connectivity index (χ3n) is 7.87. The maximum atomic E-state index is 13.8. The zero-order valence-corrected chi connectivity index (χ0v) is 27.5. The van der Waals surface area contributed by atoms with E-state index >= 15 is 0 Å². The molecule has 2 heterocycles. The Balaban J connectivity index is 1.44. The molecule has 11 nitrogen and oxygen atoms in total. The van der Waals surface area contributed by atoms with Crippen LogP contribution in [0.2, 0.25) is 0 Å². The van der Waals surface area contributed by atoms with E-state index in [0.29, 0.717) is 51.9 Å². The summed E-state index contributed by atoms with van der Waals surface area (Å²) in [5.74, 6) is -0.221. The van der Waals surface area contributed by atoms with Gasteiger partial charge in [-0.1, -0.05) is 60.7 Å². The Kier molecular flexibility index (Phi) is 14.3. The van der Waals surface area contributed by atoms with Crippen LogP contribution in [0.3, 0.4) is 0 Å². The van der Waals surface area contributed by atoms with Gasteiger partial charge >= 0.3 is 12.1 Å². The minimum atomic E-state index is -0.698. The van der Waals surface area contributed by atoms with Crippen molar-refractivity contribution in [3.05, 3.63) is 88.4 Å². The quantitative estimate of drug-likeness (QED) is 0.215. The van der Waals surface area contributed by atoms with Gasteiger partial charge in [-0.2, -0.15) is 0 Å². The van der Waals surface area contributed by atoms with Crippen LogP contribution in [0.5, 0.6) is 0 Å². The van der Waals surface area contributed by atoms with E-state index < -0.39 is 12.1 Å². The number of carbonyl (C=O) groups excluding carboxylic acids is 3. The van der Waals surface area contributed by atoms with E-state index in [1.54, 1.807) is 25.8 Å². The molecule has 0 bridgehead atoms. The predicted molar refractivity (Wildman–Crippen MR) is 179 cm³/mol. The van der Waals surface area contributed by atoms with Crippen molar-refractivity contribution in [2.24, 2.45) is 0 Å². The summed E-state index contributed by atoms with van der Waals surface area (Å²) in [5, 5.41) is 9.21. The fourth-order valence-electron chi connectivity index (χ4n) is 5.29. The van der Waals surface area contributed by atoms with Gasteiger partial charge in [0, 0.05) is 52.0 Å². The second-order valence-corrected chi connectivity index (χ2v) is 12.7. The standard InChI is InChI=1S/C34H46N6O5S/c1-39(2)33(42)38-31(15-16-40-17-19-44-20-18-40)32(41)36-28(21-26-9-5-3-6-10-26)13-14-29(22-27-11-7-4-8-12-27)37-34(43)45-24-30-23-35-25-46-30/h3-12,23,25,28-29,31H,13-22,24H2,1-2H3,(H,36,41)(H,37,43)(H,38,42)/t28-,29-,31+/m1/s1. The number of hydrogen-bond acceptors (Lipinski definition) is 8. The van der Waals surface area contributed by atoms with E-state index in [9.17, 15) is 14.4 Å². The first-order valence-electron chi connectivity index (χ1n) is 15.8. The van der Waals surface area contributed by atoms with Crippen LogP contribution in [-0.4, -0.2) is 97.9 Å². The van der Waals surface area contributed by atoms with Crippen LogP contribution in [0.4, 0.5) is 9.59 Å². The topological polar surface area (TPSA) is 125 Å². The van der Waals surface area contributed by atoms with Gasteiger partial charge in [-0.15, -0.1) is 11.3 Å². The molecule has 4 amide bonds. The SMILES string of the molecule is CN(C)C(=O)N[C@@H](CCN1CCOCC1)C(=O)N[C@H](CC[C@H](Cc1ccccc1)NC(=O)OCc1cncs1)Cc1ccccc1. The maximum Gasteiger partial charge on any atom is 0.407 e. The van der Waals surface area contributed by atoms with Crippen LogP contribution in [0.15, 0.2) is 72.4 Å². The molecule has 3 atom stereocenters. The van der Waals surface area contributed by atoms with E-state index in [4.69, 9.17) is 9.47 Å². The molecular formula is C34H46N6O5S. The first-order chi connectivity index (χ1) is 22.4. The Morgan fingerprint density at radius 3 is 2.07 bits per heavy atom. The number of morpholine rings is 1. The van der Waals surface area contributed by atoms with Crippen molar-refractivity contribution in [2.75, 3.05) is 46.9 Å². The summed E-state index contributed by atoms with van der Waals surface area (Å²) < 4.78 is 10.9. The third kappa shape index (κ3) is 12.4. The van der Waals surface area contributed by atoms with Gasteiger partial charge in [-0.3, -0.25) is 14.7 Å². The molecule has 0 saturated carbocycles. The van der Waals surface area contributed by atoms with Crippen molar-refractivity contribution in [1.29, 1.82) is 0 Å². The van der Waals surface area contributed by atoms with E-state index in [1.807, 2.05) is 60.7 Å². The van der Waals surface area contributed by atoms with Crippen molar-refractivity contribution in [3.8, 4) is 0 Å². The van der Waals surface area contributed by atoms with Gasteiger partial charge in [-0.25, -0.2) is 9.59 Å². The van der Waals surface area contributed by atoms with Crippen LogP contribution < -0.4 is 16.0 Å². The third-order valence-corrected chi connectivity index (χ3v) is 8.62. The first-order valence-corrected chi connectivity index (χ1v) is 16.7. The number of urea groups is 1. The fourth-order valence-corrected chi connectivity index (χ4v) is 5.80. The van der Waals surface area contributed by atoms with Crippen molar-refractivity contribution in [3.63, 3.8) is 0 Å². The van der Waals surface area contributed by atoms with Gasteiger partial charge < -0.3 is 30.3 Å². The van der Waals surface area contributed by atoms with Crippen LogP contribution in [0.1, 0.15) is 35.3 Å². The molecule has 3 aromatic rings.